The third-order valence-electron chi connectivity index (χ3n) is 4.48. The zero-order valence-electron chi connectivity index (χ0n) is 15.2. The average Bonchev–Trinajstić information content (AvgIpc) is 2.87. The maximum absolute atomic E-state index is 12.0. The van der Waals surface area contributed by atoms with E-state index in [-0.39, 0.29) is 12.0 Å². The van der Waals surface area contributed by atoms with Crippen LogP contribution >= 0.6 is 12.6 Å². The molecular weight excluding hydrogens is 326 g/mol. The Morgan fingerprint density at radius 2 is 1.88 bits per heavy atom. The number of hydrogen-bond acceptors (Lipinski definition) is 5. The molecular formula is C17H31N3O3S. The van der Waals surface area contributed by atoms with E-state index >= 15 is 0 Å². The molecule has 0 aromatic carbocycles. The fourth-order valence-electron chi connectivity index (χ4n) is 3.16. The summed E-state index contributed by atoms with van der Waals surface area (Å²) in [6, 6.07) is 0. The molecule has 2 fully saturated rings. The maximum Gasteiger partial charge on any atom is 0.410 e. The molecule has 0 saturated carbocycles. The minimum absolute atomic E-state index is 0.220. The van der Waals surface area contributed by atoms with Crippen LogP contribution in [-0.4, -0.2) is 83.9 Å². The number of likely N-dealkylation sites (tertiary alicyclic amines) is 1. The van der Waals surface area contributed by atoms with Crippen LogP contribution in [0, 0.1) is 5.92 Å². The van der Waals surface area contributed by atoms with Crippen molar-refractivity contribution in [1.29, 1.82) is 0 Å². The monoisotopic (exact) mass is 357 g/mol. The number of piperazine rings is 1. The maximum atomic E-state index is 12.0. The highest BCUT2D eigenvalue weighted by atomic mass is 32.1. The minimum atomic E-state index is -0.443. The van der Waals surface area contributed by atoms with Crippen LogP contribution in [0.5, 0.6) is 0 Å². The molecule has 1 atom stereocenters. The Kier molecular flexibility index (Phi) is 6.80. The number of carbonyl (C=O) groups excluding carboxylic acids is 2. The van der Waals surface area contributed by atoms with E-state index in [0.29, 0.717) is 25.4 Å². The third kappa shape index (κ3) is 5.84. The predicted octanol–water partition coefficient (Wildman–Crippen LogP) is 1.71. The van der Waals surface area contributed by atoms with E-state index in [9.17, 15) is 9.59 Å². The lowest BCUT2D eigenvalue weighted by atomic mass is 10.1. The first-order valence-electron chi connectivity index (χ1n) is 8.87. The molecule has 0 aromatic rings. The Hall–Kier alpha value is -0.950. The van der Waals surface area contributed by atoms with Gasteiger partial charge in [0.1, 0.15) is 5.60 Å². The number of ether oxygens (including phenoxy) is 1. The average molecular weight is 358 g/mol. The van der Waals surface area contributed by atoms with Crippen molar-refractivity contribution in [3.63, 3.8) is 0 Å². The zero-order chi connectivity index (χ0) is 17.7. The summed E-state index contributed by atoms with van der Waals surface area (Å²) in [5.41, 5.74) is -0.443. The van der Waals surface area contributed by atoms with Gasteiger partial charge in [-0.25, -0.2) is 4.79 Å². The normalized spacial score (nSPS) is 23.0. The smallest absolute Gasteiger partial charge is 0.410 e. The van der Waals surface area contributed by atoms with Gasteiger partial charge in [-0.1, -0.05) is 0 Å². The highest BCUT2D eigenvalue weighted by Gasteiger charge is 2.29. The van der Waals surface area contributed by atoms with Gasteiger partial charge in [0.05, 0.1) is 0 Å². The summed E-state index contributed by atoms with van der Waals surface area (Å²) >= 11 is 4.29. The Morgan fingerprint density at radius 1 is 1.21 bits per heavy atom. The van der Waals surface area contributed by atoms with Crippen molar-refractivity contribution in [2.24, 2.45) is 5.92 Å². The summed E-state index contributed by atoms with van der Waals surface area (Å²) in [4.78, 5) is 30.0. The standard InChI is InChI=1S/C17H31N3O3S/c1-17(2,3)23-16(22)19-9-7-18(8-10-19)5-4-6-20-12-14(13-24)11-15(20)21/h14,24H,4-13H2,1-3H3. The summed E-state index contributed by atoms with van der Waals surface area (Å²) in [5.74, 6) is 1.47. The van der Waals surface area contributed by atoms with Crippen molar-refractivity contribution >= 4 is 24.6 Å². The van der Waals surface area contributed by atoms with Gasteiger partial charge in [0, 0.05) is 45.7 Å². The number of amides is 2. The molecule has 0 aromatic heterocycles. The van der Waals surface area contributed by atoms with E-state index in [2.05, 4.69) is 17.5 Å². The summed E-state index contributed by atoms with van der Waals surface area (Å²) in [5, 5.41) is 0. The largest absolute Gasteiger partial charge is 0.444 e. The van der Waals surface area contributed by atoms with Gasteiger partial charge in [0.2, 0.25) is 5.91 Å². The van der Waals surface area contributed by atoms with Crippen molar-refractivity contribution in [3.05, 3.63) is 0 Å². The van der Waals surface area contributed by atoms with Gasteiger partial charge in [-0.05, 0) is 45.4 Å². The molecule has 2 rings (SSSR count). The van der Waals surface area contributed by atoms with Crippen molar-refractivity contribution in [2.45, 2.75) is 39.2 Å². The van der Waals surface area contributed by atoms with Crippen molar-refractivity contribution < 1.29 is 14.3 Å². The molecule has 0 spiro atoms. The SMILES string of the molecule is CC(C)(C)OC(=O)N1CCN(CCCN2CC(CS)CC2=O)CC1. The highest BCUT2D eigenvalue weighted by molar-refractivity contribution is 7.80. The lowest BCUT2D eigenvalue weighted by molar-refractivity contribution is -0.127. The molecule has 6 nitrogen and oxygen atoms in total. The Bertz CT molecular complexity index is 445. The molecule has 0 bridgehead atoms. The number of nitrogens with zero attached hydrogens (tertiary/aromatic N) is 3. The molecule has 2 amide bonds. The second kappa shape index (κ2) is 8.43. The number of thiol groups is 1. The summed E-state index contributed by atoms with van der Waals surface area (Å²) in [6.45, 7) is 11.5. The molecule has 7 heteroatoms. The van der Waals surface area contributed by atoms with Crippen LogP contribution < -0.4 is 0 Å². The summed E-state index contributed by atoms with van der Waals surface area (Å²) < 4.78 is 5.41. The topological polar surface area (TPSA) is 53.1 Å². The predicted molar refractivity (Wildman–Crippen MR) is 97.4 cm³/mol. The van der Waals surface area contributed by atoms with E-state index < -0.39 is 5.60 Å². The zero-order valence-corrected chi connectivity index (χ0v) is 16.1. The molecule has 2 aliphatic heterocycles. The van der Waals surface area contributed by atoms with Crippen LogP contribution in [0.2, 0.25) is 0 Å². The number of rotatable bonds is 5. The molecule has 0 aliphatic carbocycles. The quantitative estimate of drug-likeness (QED) is 0.761. The third-order valence-corrected chi connectivity index (χ3v) is 5.00. The molecule has 2 heterocycles. The minimum Gasteiger partial charge on any atom is -0.444 e. The Morgan fingerprint density at radius 3 is 2.42 bits per heavy atom. The van der Waals surface area contributed by atoms with Gasteiger partial charge >= 0.3 is 6.09 Å². The first kappa shape index (κ1) is 19.4. The molecule has 1 unspecified atom stereocenters. The van der Waals surface area contributed by atoms with Crippen LogP contribution in [0.25, 0.3) is 0 Å². The van der Waals surface area contributed by atoms with E-state index in [1.807, 2.05) is 25.7 Å². The van der Waals surface area contributed by atoms with Crippen molar-refractivity contribution in [1.82, 2.24) is 14.7 Å². The molecule has 0 radical (unpaired) electrons. The van der Waals surface area contributed by atoms with Gasteiger partial charge in [-0.3, -0.25) is 9.69 Å². The van der Waals surface area contributed by atoms with Crippen molar-refractivity contribution in [2.75, 3.05) is 51.6 Å². The number of hydrogen-bond donors (Lipinski definition) is 1. The van der Waals surface area contributed by atoms with E-state index in [4.69, 9.17) is 4.74 Å². The highest BCUT2D eigenvalue weighted by Crippen LogP contribution is 2.19. The van der Waals surface area contributed by atoms with Crippen LogP contribution in [0.1, 0.15) is 33.6 Å². The van der Waals surface area contributed by atoms with E-state index in [0.717, 1.165) is 44.9 Å². The lowest BCUT2D eigenvalue weighted by Crippen LogP contribution is -2.50. The van der Waals surface area contributed by atoms with Crippen LogP contribution in [0.4, 0.5) is 4.79 Å². The fourth-order valence-corrected chi connectivity index (χ4v) is 3.40. The molecule has 2 saturated heterocycles. The van der Waals surface area contributed by atoms with E-state index in [1.165, 1.54) is 0 Å². The summed E-state index contributed by atoms with van der Waals surface area (Å²) in [7, 11) is 0. The fraction of sp³-hybridized carbons (Fsp3) is 0.882. The second-order valence-corrected chi connectivity index (χ2v) is 8.12. The molecule has 138 valence electrons. The van der Waals surface area contributed by atoms with Gasteiger partial charge in [0.15, 0.2) is 0 Å². The molecule has 24 heavy (non-hydrogen) atoms. The van der Waals surface area contributed by atoms with Crippen LogP contribution in [0.15, 0.2) is 0 Å². The van der Waals surface area contributed by atoms with Gasteiger partial charge < -0.3 is 14.5 Å². The summed E-state index contributed by atoms with van der Waals surface area (Å²) in [6.07, 6.45) is 1.41. The van der Waals surface area contributed by atoms with Crippen LogP contribution in [-0.2, 0) is 9.53 Å². The first-order valence-corrected chi connectivity index (χ1v) is 9.50. The molecule has 2 aliphatic rings. The van der Waals surface area contributed by atoms with Gasteiger partial charge in [-0.15, -0.1) is 0 Å². The number of carbonyl (C=O) groups is 2. The Labute approximate surface area is 150 Å². The first-order chi connectivity index (χ1) is 11.3. The van der Waals surface area contributed by atoms with Gasteiger partial charge in [-0.2, -0.15) is 12.6 Å². The molecule has 0 N–H and O–H groups in total. The second-order valence-electron chi connectivity index (χ2n) is 7.76. The van der Waals surface area contributed by atoms with Gasteiger partial charge in [0.25, 0.3) is 0 Å². The lowest BCUT2D eigenvalue weighted by Gasteiger charge is -2.35. The van der Waals surface area contributed by atoms with Crippen LogP contribution in [0.3, 0.4) is 0 Å². The Balaban J connectivity index is 1.63. The van der Waals surface area contributed by atoms with E-state index in [1.54, 1.807) is 4.90 Å². The van der Waals surface area contributed by atoms with Crippen molar-refractivity contribution in [3.8, 4) is 0 Å².